The van der Waals surface area contributed by atoms with Gasteiger partial charge in [-0.2, -0.15) is 0 Å². The summed E-state index contributed by atoms with van der Waals surface area (Å²) in [5.41, 5.74) is 3.52. The van der Waals surface area contributed by atoms with Gasteiger partial charge in [0.2, 0.25) is 0 Å². The fourth-order valence-electron chi connectivity index (χ4n) is 1.77. The molecule has 17 heavy (non-hydrogen) atoms. The predicted molar refractivity (Wildman–Crippen MR) is 78.0 cm³/mol. The van der Waals surface area contributed by atoms with Crippen LogP contribution >= 0.6 is 24.0 Å². The Labute approximate surface area is 110 Å². The average molecular weight is 262 g/mol. The van der Waals surface area contributed by atoms with E-state index in [4.69, 9.17) is 18.6 Å². The molecule has 0 radical (unpaired) electrons. The van der Waals surface area contributed by atoms with Crippen LogP contribution in [0.25, 0.3) is 11.0 Å². The smallest absolute Gasteiger partial charge is 0.178 e. The maximum absolute atomic E-state index is 5.33. The van der Waals surface area contributed by atoms with Crippen molar-refractivity contribution < 1.29 is 0 Å². The van der Waals surface area contributed by atoms with Gasteiger partial charge in [-0.3, -0.25) is 0 Å². The van der Waals surface area contributed by atoms with Crippen LogP contribution in [0.1, 0.15) is 5.56 Å². The van der Waals surface area contributed by atoms with Crippen molar-refractivity contribution in [2.75, 3.05) is 11.5 Å². The van der Waals surface area contributed by atoms with Crippen LogP contribution in [0.2, 0.25) is 0 Å². The SMILES string of the molecule is C#CCSCCn1c(=S)[nH]c2ccc(C)cc21. The molecule has 2 rings (SSSR count). The van der Waals surface area contributed by atoms with Gasteiger partial charge in [0.05, 0.1) is 16.8 Å². The van der Waals surface area contributed by atoms with Crippen LogP contribution in [0.3, 0.4) is 0 Å². The number of hydrogen-bond donors (Lipinski definition) is 1. The zero-order valence-electron chi connectivity index (χ0n) is 9.69. The molecule has 0 aliphatic heterocycles. The molecule has 1 aromatic heterocycles. The highest BCUT2D eigenvalue weighted by atomic mass is 32.2. The van der Waals surface area contributed by atoms with Gasteiger partial charge < -0.3 is 9.55 Å². The monoisotopic (exact) mass is 262 g/mol. The Kier molecular flexibility index (Phi) is 3.93. The minimum absolute atomic E-state index is 0.759. The Balaban J connectivity index is 2.27. The lowest BCUT2D eigenvalue weighted by Crippen LogP contribution is -2.00. The zero-order valence-corrected chi connectivity index (χ0v) is 11.3. The van der Waals surface area contributed by atoms with Crippen LogP contribution in [0.5, 0.6) is 0 Å². The van der Waals surface area contributed by atoms with E-state index in [9.17, 15) is 0 Å². The van der Waals surface area contributed by atoms with Crippen LogP contribution in [0, 0.1) is 24.0 Å². The largest absolute Gasteiger partial charge is 0.331 e. The third-order valence-electron chi connectivity index (χ3n) is 2.58. The molecular weight excluding hydrogens is 248 g/mol. The molecule has 1 aromatic carbocycles. The number of benzene rings is 1. The van der Waals surface area contributed by atoms with Crippen molar-refractivity contribution in [1.29, 1.82) is 0 Å². The molecular formula is C13H14N2S2. The van der Waals surface area contributed by atoms with Crippen LogP contribution < -0.4 is 0 Å². The summed E-state index contributed by atoms with van der Waals surface area (Å²) in [5.74, 6) is 4.37. The Morgan fingerprint density at radius 1 is 1.53 bits per heavy atom. The second-order valence-electron chi connectivity index (χ2n) is 3.86. The molecule has 0 amide bonds. The minimum atomic E-state index is 0.759. The van der Waals surface area contributed by atoms with Gasteiger partial charge in [-0.05, 0) is 36.8 Å². The van der Waals surface area contributed by atoms with E-state index >= 15 is 0 Å². The standard InChI is InChI=1S/C13H14N2S2/c1-3-7-17-8-6-15-12-9-10(2)4-5-11(12)14-13(15)16/h1,4-5,9H,6-8H2,2H3,(H,14,16). The summed E-state index contributed by atoms with van der Waals surface area (Å²) in [4.78, 5) is 3.22. The highest BCUT2D eigenvalue weighted by molar-refractivity contribution is 7.99. The molecule has 0 bridgehead atoms. The van der Waals surface area contributed by atoms with Gasteiger partial charge in [-0.1, -0.05) is 12.0 Å². The van der Waals surface area contributed by atoms with Crippen molar-refractivity contribution in [1.82, 2.24) is 9.55 Å². The molecule has 0 aliphatic rings. The van der Waals surface area contributed by atoms with E-state index in [0.29, 0.717) is 0 Å². The molecule has 1 N–H and O–H groups in total. The Morgan fingerprint density at radius 2 is 2.35 bits per heavy atom. The molecule has 2 nitrogen and oxygen atoms in total. The van der Waals surface area contributed by atoms with Crippen LogP contribution in [0.15, 0.2) is 18.2 Å². The van der Waals surface area contributed by atoms with Gasteiger partial charge in [-0.25, -0.2) is 0 Å². The highest BCUT2D eigenvalue weighted by Crippen LogP contribution is 2.16. The average Bonchev–Trinajstić information content (AvgIpc) is 2.61. The van der Waals surface area contributed by atoms with E-state index in [1.54, 1.807) is 11.8 Å². The molecule has 88 valence electrons. The molecule has 0 saturated heterocycles. The van der Waals surface area contributed by atoms with Crippen molar-refractivity contribution in [3.8, 4) is 12.3 Å². The van der Waals surface area contributed by atoms with Gasteiger partial charge in [0.25, 0.3) is 0 Å². The van der Waals surface area contributed by atoms with Gasteiger partial charge in [-0.15, -0.1) is 18.2 Å². The molecule has 4 heteroatoms. The van der Waals surface area contributed by atoms with Gasteiger partial charge in [0.15, 0.2) is 4.77 Å². The first-order chi connectivity index (χ1) is 8.22. The first-order valence-electron chi connectivity index (χ1n) is 5.43. The number of aromatic amines is 1. The van der Waals surface area contributed by atoms with Gasteiger partial charge in [0, 0.05) is 12.3 Å². The summed E-state index contributed by atoms with van der Waals surface area (Å²) in [6, 6.07) is 6.32. The number of thioether (sulfide) groups is 1. The normalized spacial score (nSPS) is 10.6. The van der Waals surface area contributed by atoms with Gasteiger partial charge >= 0.3 is 0 Å². The molecule has 0 spiro atoms. The van der Waals surface area contributed by atoms with Crippen LogP contribution in [0.4, 0.5) is 0 Å². The number of aryl methyl sites for hydroxylation is 2. The van der Waals surface area contributed by atoms with Crippen molar-refractivity contribution in [3.63, 3.8) is 0 Å². The lowest BCUT2D eigenvalue weighted by atomic mass is 10.2. The number of fused-ring (bicyclic) bond motifs is 1. The summed E-state index contributed by atoms with van der Waals surface area (Å²) in [6.07, 6.45) is 5.22. The quantitative estimate of drug-likeness (QED) is 0.518. The van der Waals surface area contributed by atoms with Crippen molar-refractivity contribution in [3.05, 3.63) is 28.5 Å². The predicted octanol–water partition coefficient (Wildman–Crippen LogP) is 3.37. The number of rotatable bonds is 4. The van der Waals surface area contributed by atoms with Crippen molar-refractivity contribution in [2.45, 2.75) is 13.5 Å². The van der Waals surface area contributed by atoms with E-state index in [1.807, 2.05) is 0 Å². The van der Waals surface area contributed by atoms with E-state index < -0.39 is 0 Å². The molecule has 0 saturated carbocycles. The maximum atomic E-state index is 5.33. The first-order valence-corrected chi connectivity index (χ1v) is 6.99. The van der Waals surface area contributed by atoms with Crippen molar-refractivity contribution in [2.24, 2.45) is 0 Å². The zero-order chi connectivity index (χ0) is 12.3. The number of nitrogens with zero attached hydrogens (tertiary/aromatic N) is 1. The summed E-state index contributed by atoms with van der Waals surface area (Å²) >= 11 is 7.09. The second-order valence-corrected chi connectivity index (χ2v) is 5.35. The van der Waals surface area contributed by atoms with Crippen molar-refractivity contribution >= 4 is 35.0 Å². The first kappa shape index (κ1) is 12.3. The Morgan fingerprint density at radius 3 is 3.12 bits per heavy atom. The fraction of sp³-hybridized carbons (Fsp3) is 0.308. The molecule has 2 aromatic rings. The van der Waals surface area contributed by atoms with E-state index in [0.717, 1.165) is 28.3 Å². The summed E-state index contributed by atoms with van der Waals surface area (Å²) < 4.78 is 2.92. The Hall–Kier alpha value is -1.18. The third kappa shape index (κ3) is 2.74. The minimum Gasteiger partial charge on any atom is -0.331 e. The molecule has 0 aliphatic carbocycles. The van der Waals surface area contributed by atoms with Gasteiger partial charge in [0.1, 0.15) is 0 Å². The van der Waals surface area contributed by atoms with Crippen LogP contribution in [-0.2, 0) is 6.54 Å². The highest BCUT2D eigenvalue weighted by Gasteiger charge is 2.03. The molecule has 0 unspecified atom stereocenters. The lowest BCUT2D eigenvalue weighted by Gasteiger charge is -2.03. The van der Waals surface area contributed by atoms with E-state index in [2.05, 4.69) is 40.6 Å². The number of imidazole rings is 1. The fourth-order valence-corrected chi connectivity index (χ4v) is 2.65. The Bertz CT molecular complexity index is 616. The third-order valence-corrected chi connectivity index (χ3v) is 3.74. The molecule has 0 fully saturated rings. The van der Waals surface area contributed by atoms with E-state index in [-0.39, 0.29) is 0 Å². The number of nitrogens with one attached hydrogen (secondary N) is 1. The number of terminal acetylenes is 1. The molecule has 1 heterocycles. The van der Waals surface area contributed by atoms with E-state index in [1.165, 1.54) is 11.1 Å². The number of aromatic nitrogens is 2. The lowest BCUT2D eigenvalue weighted by molar-refractivity contribution is 0.783. The molecule has 0 atom stereocenters. The maximum Gasteiger partial charge on any atom is 0.178 e. The van der Waals surface area contributed by atoms with Crippen LogP contribution in [-0.4, -0.2) is 21.1 Å². The summed E-state index contributed by atoms with van der Waals surface area (Å²) in [5, 5.41) is 0. The summed E-state index contributed by atoms with van der Waals surface area (Å²) in [6.45, 7) is 2.99. The summed E-state index contributed by atoms with van der Waals surface area (Å²) in [7, 11) is 0. The topological polar surface area (TPSA) is 20.7 Å². The number of H-pyrrole nitrogens is 1. The number of hydrogen-bond acceptors (Lipinski definition) is 2. The second kappa shape index (κ2) is 5.44.